The molecule has 0 radical (unpaired) electrons. The van der Waals surface area contributed by atoms with Crippen molar-refractivity contribution in [3.63, 3.8) is 0 Å². The third kappa shape index (κ3) is 3.74. The molecule has 21 heavy (non-hydrogen) atoms. The summed E-state index contributed by atoms with van der Waals surface area (Å²) in [5.41, 5.74) is 6.82. The van der Waals surface area contributed by atoms with Gasteiger partial charge in [-0.3, -0.25) is 4.79 Å². The Kier molecular flexibility index (Phi) is 4.20. The molecule has 0 heterocycles. The molecule has 5 nitrogen and oxygen atoms in total. The molecule has 0 aliphatic heterocycles. The number of halogens is 1. The molecule has 7 heteroatoms. The molecule has 0 fully saturated rings. The standard InChI is InChI=1S/C14H13ClN2O3S/c1-21(19,20)11-5-3-10(4-6-11)17-14(18)9-2-7-13(16)12(15)8-9/h2-8H,16H2,1H3,(H,17,18). The van der Waals surface area contributed by atoms with Crippen LogP contribution in [0.3, 0.4) is 0 Å². The van der Waals surface area contributed by atoms with Crippen LogP contribution in [-0.4, -0.2) is 20.6 Å². The maximum absolute atomic E-state index is 12.0. The SMILES string of the molecule is CS(=O)(=O)c1ccc(NC(=O)c2ccc(N)c(Cl)c2)cc1. The van der Waals surface area contributed by atoms with Crippen molar-refractivity contribution in [1.29, 1.82) is 0 Å². The lowest BCUT2D eigenvalue weighted by atomic mass is 10.2. The lowest BCUT2D eigenvalue weighted by molar-refractivity contribution is 0.102. The lowest BCUT2D eigenvalue weighted by Crippen LogP contribution is -2.12. The highest BCUT2D eigenvalue weighted by Gasteiger charge is 2.10. The largest absolute Gasteiger partial charge is 0.398 e. The number of nitrogens with two attached hydrogens (primary N) is 1. The minimum Gasteiger partial charge on any atom is -0.398 e. The zero-order valence-electron chi connectivity index (χ0n) is 11.1. The summed E-state index contributed by atoms with van der Waals surface area (Å²) in [5, 5.41) is 2.95. The Hall–Kier alpha value is -2.05. The van der Waals surface area contributed by atoms with Gasteiger partial charge in [0.2, 0.25) is 0 Å². The van der Waals surface area contributed by atoms with Crippen LogP contribution in [0.5, 0.6) is 0 Å². The summed E-state index contributed by atoms with van der Waals surface area (Å²) in [7, 11) is -3.25. The number of amides is 1. The van der Waals surface area contributed by atoms with Crippen LogP contribution >= 0.6 is 11.6 Å². The van der Waals surface area contributed by atoms with Gasteiger partial charge in [0.25, 0.3) is 5.91 Å². The van der Waals surface area contributed by atoms with Crippen molar-refractivity contribution in [3.05, 3.63) is 53.1 Å². The van der Waals surface area contributed by atoms with E-state index in [0.717, 1.165) is 6.26 Å². The Morgan fingerprint density at radius 3 is 2.29 bits per heavy atom. The fourth-order valence-corrected chi connectivity index (χ4v) is 2.47. The van der Waals surface area contributed by atoms with Gasteiger partial charge in [-0.25, -0.2) is 8.42 Å². The van der Waals surface area contributed by atoms with Crippen molar-refractivity contribution in [2.24, 2.45) is 0 Å². The smallest absolute Gasteiger partial charge is 0.255 e. The Morgan fingerprint density at radius 1 is 1.14 bits per heavy atom. The molecule has 1 amide bonds. The van der Waals surface area contributed by atoms with Gasteiger partial charge in [0, 0.05) is 17.5 Å². The van der Waals surface area contributed by atoms with E-state index in [0.29, 0.717) is 22.0 Å². The molecule has 110 valence electrons. The zero-order valence-corrected chi connectivity index (χ0v) is 12.7. The third-order valence-electron chi connectivity index (χ3n) is 2.80. The maximum Gasteiger partial charge on any atom is 0.255 e. The summed E-state index contributed by atoms with van der Waals surface area (Å²) >= 11 is 5.86. The van der Waals surface area contributed by atoms with Crippen LogP contribution in [0, 0.1) is 0 Å². The van der Waals surface area contributed by atoms with E-state index in [9.17, 15) is 13.2 Å². The van der Waals surface area contributed by atoms with Gasteiger partial charge in [0.15, 0.2) is 9.84 Å². The number of hydrogen-bond donors (Lipinski definition) is 2. The number of hydrogen-bond acceptors (Lipinski definition) is 4. The highest BCUT2D eigenvalue weighted by Crippen LogP contribution is 2.21. The van der Waals surface area contributed by atoms with Crippen LogP contribution in [0.1, 0.15) is 10.4 Å². The number of sulfone groups is 1. The molecule has 0 unspecified atom stereocenters. The molecule has 0 atom stereocenters. The van der Waals surface area contributed by atoms with Gasteiger partial charge in [0.05, 0.1) is 15.6 Å². The van der Waals surface area contributed by atoms with Crippen LogP contribution in [0.15, 0.2) is 47.4 Å². The Balaban J connectivity index is 2.18. The number of carbonyl (C=O) groups excluding carboxylic acids is 1. The van der Waals surface area contributed by atoms with Gasteiger partial charge in [-0.2, -0.15) is 0 Å². The number of anilines is 2. The molecule has 0 spiro atoms. The number of benzene rings is 2. The average molecular weight is 325 g/mol. The van der Waals surface area contributed by atoms with Crippen LogP contribution in [-0.2, 0) is 9.84 Å². The number of rotatable bonds is 3. The van der Waals surface area contributed by atoms with Crippen molar-refractivity contribution in [2.75, 3.05) is 17.3 Å². The summed E-state index contributed by atoms with van der Waals surface area (Å²) in [5.74, 6) is -0.357. The van der Waals surface area contributed by atoms with E-state index in [1.54, 1.807) is 12.1 Å². The summed E-state index contributed by atoms with van der Waals surface area (Å²) in [4.78, 5) is 12.2. The lowest BCUT2D eigenvalue weighted by Gasteiger charge is -2.07. The summed E-state index contributed by atoms with van der Waals surface area (Å²) in [6.07, 6.45) is 1.12. The topological polar surface area (TPSA) is 89.3 Å². The van der Waals surface area contributed by atoms with Gasteiger partial charge in [-0.15, -0.1) is 0 Å². The van der Waals surface area contributed by atoms with E-state index in [1.807, 2.05) is 0 Å². The van der Waals surface area contributed by atoms with Crippen molar-refractivity contribution in [1.82, 2.24) is 0 Å². The van der Waals surface area contributed by atoms with Gasteiger partial charge < -0.3 is 11.1 Å². The zero-order chi connectivity index (χ0) is 15.6. The van der Waals surface area contributed by atoms with E-state index in [1.165, 1.54) is 30.3 Å². The fourth-order valence-electron chi connectivity index (χ4n) is 1.66. The quantitative estimate of drug-likeness (QED) is 0.849. The number of nitrogen functional groups attached to an aromatic ring is 1. The second-order valence-corrected chi connectivity index (χ2v) is 6.91. The first-order valence-corrected chi connectivity index (χ1v) is 8.21. The van der Waals surface area contributed by atoms with Crippen molar-refractivity contribution in [2.45, 2.75) is 4.90 Å². The van der Waals surface area contributed by atoms with Gasteiger partial charge >= 0.3 is 0 Å². The highest BCUT2D eigenvalue weighted by atomic mass is 35.5. The summed E-state index contributed by atoms with van der Waals surface area (Å²) in [6.45, 7) is 0. The predicted octanol–water partition coefficient (Wildman–Crippen LogP) is 2.58. The second kappa shape index (κ2) is 5.75. The molecule has 0 aromatic heterocycles. The molecular formula is C14H13ClN2O3S. The number of carbonyl (C=O) groups is 1. The van der Waals surface area contributed by atoms with Crippen molar-refractivity contribution >= 4 is 38.7 Å². The third-order valence-corrected chi connectivity index (χ3v) is 4.26. The van der Waals surface area contributed by atoms with Gasteiger partial charge in [-0.1, -0.05) is 11.6 Å². The summed E-state index contributed by atoms with van der Waals surface area (Å²) in [6, 6.07) is 10.5. The average Bonchev–Trinajstić information content (AvgIpc) is 2.41. The Morgan fingerprint density at radius 2 is 1.76 bits per heavy atom. The molecule has 3 N–H and O–H groups in total. The van der Waals surface area contributed by atoms with E-state index < -0.39 is 9.84 Å². The second-order valence-electron chi connectivity index (χ2n) is 4.49. The van der Waals surface area contributed by atoms with E-state index in [2.05, 4.69) is 5.32 Å². The van der Waals surface area contributed by atoms with Gasteiger partial charge in [0.1, 0.15) is 0 Å². The molecule has 0 saturated heterocycles. The summed E-state index contributed by atoms with van der Waals surface area (Å²) < 4.78 is 22.7. The monoisotopic (exact) mass is 324 g/mol. The first-order valence-electron chi connectivity index (χ1n) is 5.94. The predicted molar refractivity (Wildman–Crippen MR) is 83.4 cm³/mol. The first-order chi connectivity index (χ1) is 9.77. The molecule has 0 aliphatic carbocycles. The van der Waals surface area contributed by atoms with Crippen molar-refractivity contribution in [3.8, 4) is 0 Å². The molecule has 0 aliphatic rings. The minimum absolute atomic E-state index is 0.191. The van der Waals surface area contributed by atoms with Crippen LogP contribution in [0.25, 0.3) is 0 Å². The van der Waals surface area contributed by atoms with E-state index >= 15 is 0 Å². The Labute approximate surface area is 127 Å². The van der Waals surface area contributed by atoms with Crippen molar-refractivity contribution < 1.29 is 13.2 Å². The molecule has 0 bridgehead atoms. The van der Waals surface area contributed by atoms with Crippen LogP contribution in [0.4, 0.5) is 11.4 Å². The van der Waals surface area contributed by atoms with E-state index in [-0.39, 0.29) is 10.8 Å². The fraction of sp³-hybridized carbons (Fsp3) is 0.0714. The van der Waals surface area contributed by atoms with Crippen LogP contribution in [0.2, 0.25) is 5.02 Å². The van der Waals surface area contributed by atoms with E-state index in [4.69, 9.17) is 17.3 Å². The maximum atomic E-state index is 12.0. The molecule has 0 saturated carbocycles. The van der Waals surface area contributed by atoms with Crippen LogP contribution < -0.4 is 11.1 Å². The normalized spacial score (nSPS) is 11.1. The first kappa shape index (κ1) is 15.3. The minimum atomic E-state index is -3.25. The highest BCUT2D eigenvalue weighted by molar-refractivity contribution is 7.90. The molecule has 2 rings (SSSR count). The Bertz CT molecular complexity index is 786. The number of nitrogens with one attached hydrogen (secondary N) is 1. The molecular weight excluding hydrogens is 312 g/mol. The van der Waals surface area contributed by atoms with Gasteiger partial charge in [-0.05, 0) is 42.5 Å². The molecule has 2 aromatic rings. The molecule has 2 aromatic carbocycles.